The summed E-state index contributed by atoms with van der Waals surface area (Å²) in [6.45, 7) is 2.24. The predicted octanol–water partition coefficient (Wildman–Crippen LogP) is 13.0. The first kappa shape index (κ1) is 34.8. The summed E-state index contributed by atoms with van der Waals surface area (Å²) in [6.07, 6.45) is 16.1. The Labute approximate surface area is 303 Å². The number of anilines is 3. The fourth-order valence-corrected chi connectivity index (χ4v) is 6.01. The lowest BCUT2D eigenvalue weighted by Crippen LogP contribution is -2.10. The van der Waals surface area contributed by atoms with Crippen LogP contribution in [0.5, 0.6) is 11.5 Å². The van der Waals surface area contributed by atoms with Crippen LogP contribution in [0.25, 0.3) is 36.5 Å². The fraction of sp³-hybridized carbons (Fsp3) is 0.125. The van der Waals surface area contributed by atoms with Crippen molar-refractivity contribution in [3.8, 4) is 11.5 Å². The topological polar surface area (TPSA) is 21.7 Å². The number of ether oxygens (including phenoxy) is 2. The van der Waals surface area contributed by atoms with Crippen LogP contribution < -0.4 is 14.4 Å². The average molecular weight is 668 g/mol. The van der Waals surface area contributed by atoms with Crippen molar-refractivity contribution in [2.24, 2.45) is 0 Å². The summed E-state index contributed by atoms with van der Waals surface area (Å²) >= 11 is 0. The lowest BCUT2D eigenvalue weighted by atomic mass is 10.0. The molecule has 0 N–H and O–H groups in total. The molecule has 0 aliphatic heterocycles. The van der Waals surface area contributed by atoms with Crippen molar-refractivity contribution in [1.82, 2.24) is 0 Å². The van der Waals surface area contributed by atoms with E-state index in [9.17, 15) is 0 Å². The maximum absolute atomic E-state index is 5.80. The number of aryl methyl sites for hydroxylation is 1. The highest BCUT2D eigenvalue weighted by Crippen LogP contribution is 2.36. The number of rotatable bonds is 14. The van der Waals surface area contributed by atoms with Crippen LogP contribution in [0.3, 0.4) is 0 Å². The van der Waals surface area contributed by atoms with E-state index < -0.39 is 0 Å². The molecule has 0 bridgehead atoms. The Bertz CT molecular complexity index is 2060. The second-order valence-corrected chi connectivity index (χ2v) is 12.4. The molecule has 0 aromatic heterocycles. The van der Waals surface area contributed by atoms with Crippen LogP contribution in [0.2, 0.25) is 0 Å². The van der Waals surface area contributed by atoms with Crippen molar-refractivity contribution >= 4 is 53.5 Å². The zero-order chi connectivity index (χ0) is 35.3. The van der Waals surface area contributed by atoms with Crippen molar-refractivity contribution in [2.75, 3.05) is 19.1 Å². The molecule has 0 radical (unpaired) electrons. The van der Waals surface area contributed by atoms with Crippen LogP contribution >= 0.6 is 0 Å². The van der Waals surface area contributed by atoms with Crippen molar-refractivity contribution in [2.45, 2.75) is 26.2 Å². The van der Waals surface area contributed by atoms with Gasteiger partial charge in [-0.3, -0.25) is 0 Å². The van der Waals surface area contributed by atoms with Gasteiger partial charge in [0.15, 0.2) is 0 Å². The van der Waals surface area contributed by atoms with Crippen molar-refractivity contribution in [3.05, 3.63) is 185 Å². The average Bonchev–Trinajstić information content (AvgIpc) is 3.20. The molecule has 0 amide bonds. The SMILES string of the molecule is CCCCc1ccc(N(c2ccc(/C=C/c3ccccc3)cc2)c2ccc(/C=C/c3cc(OC)c(/C=C/c4ccccc4)cc3OC)cc2)cc1. The van der Waals surface area contributed by atoms with Crippen LogP contribution in [0.15, 0.2) is 146 Å². The van der Waals surface area contributed by atoms with Gasteiger partial charge in [0.25, 0.3) is 0 Å². The van der Waals surface area contributed by atoms with Crippen LogP contribution in [0.1, 0.15) is 58.7 Å². The van der Waals surface area contributed by atoms with Gasteiger partial charge in [-0.2, -0.15) is 0 Å². The molecule has 3 heteroatoms. The van der Waals surface area contributed by atoms with Gasteiger partial charge in [0.2, 0.25) is 0 Å². The van der Waals surface area contributed by atoms with Gasteiger partial charge in [-0.1, -0.05) is 147 Å². The van der Waals surface area contributed by atoms with E-state index in [-0.39, 0.29) is 0 Å². The molecule has 0 fully saturated rings. The number of methoxy groups -OCH3 is 2. The number of hydrogen-bond acceptors (Lipinski definition) is 3. The van der Waals surface area contributed by atoms with E-state index in [1.165, 1.54) is 24.0 Å². The van der Waals surface area contributed by atoms with E-state index in [4.69, 9.17) is 9.47 Å². The largest absolute Gasteiger partial charge is 0.496 e. The molecule has 0 unspecified atom stereocenters. The molecule has 0 saturated heterocycles. The zero-order valence-electron chi connectivity index (χ0n) is 29.7. The monoisotopic (exact) mass is 667 g/mol. The third-order valence-corrected chi connectivity index (χ3v) is 8.88. The molecule has 0 saturated carbocycles. The first-order chi connectivity index (χ1) is 25.1. The highest BCUT2D eigenvalue weighted by Gasteiger charge is 2.13. The van der Waals surface area contributed by atoms with Gasteiger partial charge in [-0.05, 0) is 89.2 Å². The van der Waals surface area contributed by atoms with E-state index in [1.54, 1.807) is 14.2 Å². The Hall–Kier alpha value is -6.06. The smallest absolute Gasteiger partial charge is 0.126 e. The molecule has 0 spiro atoms. The molecule has 0 aliphatic rings. The Morgan fingerprint density at radius 3 is 1.22 bits per heavy atom. The summed E-state index contributed by atoms with van der Waals surface area (Å²) in [5, 5.41) is 0. The summed E-state index contributed by atoms with van der Waals surface area (Å²) in [5.74, 6) is 1.57. The van der Waals surface area contributed by atoms with Crippen molar-refractivity contribution in [3.63, 3.8) is 0 Å². The Balaban J connectivity index is 1.25. The van der Waals surface area contributed by atoms with Crippen LogP contribution in [0, 0.1) is 0 Å². The van der Waals surface area contributed by atoms with Gasteiger partial charge in [0.05, 0.1) is 14.2 Å². The minimum Gasteiger partial charge on any atom is -0.496 e. The molecule has 0 atom stereocenters. The highest BCUT2D eigenvalue weighted by atomic mass is 16.5. The predicted molar refractivity (Wildman–Crippen MR) is 219 cm³/mol. The summed E-state index contributed by atoms with van der Waals surface area (Å²) in [6, 6.07) is 51.1. The normalized spacial score (nSPS) is 11.4. The summed E-state index contributed by atoms with van der Waals surface area (Å²) < 4.78 is 11.6. The third kappa shape index (κ3) is 9.35. The van der Waals surface area contributed by atoms with Gasteiger partial charge < -0.3 is 14.4 Å². The highest BCUT2D eigenvalue weighted by molar-refractivity contribution is 5.81. The summed E-state index contributed by atoms with van der Waals surface area (Å²) in [4.78, 5) is 2.32. The summed E-state index contributed by atoms with van der Waals surface area (Å²) in [5.41, 5.74) is 11.2. The van der Waals surface area contributed by atoms with E-state index in [0.717, 1.165) is 62.8 Å². The molecular formula is C48H45NO2. The van der Waals surface area contributed by atoms with Gasteiger partial charge in [-0.15, -0.1) is 0 Å². The molecular weight excluding hydrogens is 623 g/mol. The first-order valence-corrected chi connectivity index (χ1v) is 17.6. The van der Waals surface area contributed by atoms with E-state index in [0.29, 0.717) is 0 Å². The molecule has 6 rings (SSSR count). The fourth-order valence-electron chi connectivity index (χ4n) is 6.01. The van der Waals surface area contributed by atoms with Gasteiger partial charge in [0, 0.05) is 28.2 Å². The minimum absolute atomic E-state index is 0.784. The van der Waals surface area contributed by atoms with E-state index >= 15 is 0 Å². The minimum atomic E-state index is 0.784. The lowest BCUT2D eigenvalue weighted by Gasteiger charge is -2.26. The molecule has 0 aliphatic carbocycles. The second kappa shape index (κ2) is 17.6. The summed E-state index contributed by atoms with van der Waals surface area (Å²) in [7, 11) is 3.41. The van der Waals surface area contributed by atoms with Crippen LogP contribution in [-0.4, -0.2) is 14.2 Å². The number of hydrogen-bond donors (Lipinski definition) is 0. The molecule has 0 heterocycles. The van der Waals surface area contributed by atoms with Gasteiger partial charge >= 0.3 is 0 Å². The van der Waals surface area contributed by atoms with Crippen LogP contribution in [-0.2, 0) is 6.42 Å². The Kier molecular flexibility index (Phi) is 12.0. The van der Waals surface area contributed by atoms with E-state index in [2.05, 4.69) is 157 Å². The lowest BCUT2D eigenvalue weighted by molar-refractivity contribution is 0.401. The number of nitrogens with zero attached hydrogens (tertiary/aromatic N) is 1. The maximum atomic E-state index is 5.80. The number of benzene rings is 6. The standard InChI is InChI=1S/C48H45NO2/c1-4-5-12-39-21-29-44(30-22-39)49(45-31-23-40(24-32-45)18-17-37-13-8-6-9-14-37)46-33-25-41(26-34-46)20-28-43-36-47(50-2)42(35-48(43)51-3)27-19-38-15-10-7-11-16-38/h6-11,13-36H,4-5,12H2,1-3H3/b18-17+,27-19+,28-20+. The molecule has 254 valence electrons. The number of unbranched alkanes of at least 4 members (excludes halogenated alkanes) is 1. The van der Waals surface area contributed by atoms with E-state index in [1.807, 2.05) is 36.4 Å². The molecule has 6 aromatic carbocycles. The molecule has 3 nitrogen and oxygen atoms in total. The maximum Gasteiger partial charge on any atom is 0.126 e. The Morgan fingerprint density at radius 1 is 0.451 bits per heavy atom. The first-order valence-electron chi connectivity index (χ1n) is 17.6. The molecule has 6 aromatic rings. The second-order valence-electron chi connectivity index (χ2n) is 12.4. The van der Waals surface area contributed by atoms with Crippen LogP contribution in [0.4, 0.5) is 17.1 Å². The third-order valence-electron chi connectivity index (χ3n) is 8.88. The van der Waals surface area contributed by atoms with Crippen molar-refractivity contribution in [1.29, 1.82) is 0 Å². The Morgan fingerprint density at radius 2 is 0.824 bits per heavy atom. The zero-order valence-corrected chi connectivity index (χ0v) is 29.7. The quantitative estimate of drug-likeness (QED) is 0.108. The van der Waals surface area contributed by atoms with Crippen molar-refractivity contribution < 1.29 is 9.47 Å². The van der Waals surface area contributed by atoms with Gasteiger partial charge in [-0.25, -0.2) is 0 Å². The molecule has 51 heavy (non-hydrogen) atoms. The van der Waals surface area contributed by atoms with Gasteiger partial charge in [0.1, 0.15) is 11.5 Å².